The molecule has 0 amide bonds. The van der Waals surface area contributed by atoms with Gasteiger partial charge < -0.3 is 14.6 Å². The van der Waals surface area contributed by atoms with Crippen molar-refractivity contribution in [1.29, 1.82) is 0 Å². The van der Waals surface area contributed by atoms with Crippen LogP contribution in [0.25, 0.3) is 10.9 Å². The van der Waals surface area contributed by atoms with E-state index >= 15 is 4.39 Å². The van der Waals surface area contributed by atoms with E-state index in [0.29, 0.717) is 28.9 Å². The molecule has 0 spiro atoms. The number of benzene rings is 3. The van der Waals surface area contributed by atoms with Gasteiger partial charge in [0.05, 0.1) is 16.1 Å². The van der Waals surface area contributed by atoms with Crippen LogP contribution in [0.5, 0.6) is 0 Å². The normalized spacial score (nSPS) is 13.0. The van der Waals surface area contributed by atoms with E-state index in [4.69, 9.17) is 11.6 Å². The second-order valence-corrected chi connectivity index (χ2v) is 9.67. The summed E-state index contributed by atoms with van der Waals surface area (Å²) in [6.45, 7) is 3.97. The highest BCUT2D eigenvalue weighted by Gasteiger charge is 2.24. The first-order valence-corrected chi connectivity index (χ1v) is 12.1. The lowest BCUT2D eigenvalue weighted by Crippen LogP contribution is -2.25. The third kappa shape index (κ3) is 3.83. The molecule has 4 nitrogen and oxygen atoms in total. The first-order chi connectivity index (χ1) is 16.4. The van der Waals surface area contributed by atoms with Crippen LogP contribution in [0.15, 0.2) is 64.4 Å². The molecule has 1 aliphatic heterocycles. The first kappa shape index (κ1) is 22.7. The van der Waals surface area contributed by atoms with E-state index in [-0.39, 0.29) is 9.92 Å². The summed E-state index contributed by atoms with van der Waals surface area (Å²) in [6, 6.07) is 15.8. The zero-order valence-electron chi connectivity index (χ0n) is 18.3. The minimum Gasteiger partial charge on any atom is -0.478 e. The first-order valence-electron chi connectivity index (χ1n) is 10.9. The monoisotopic (exact) mass is 498 g/mol. The fourth-order valence-electron chi connectivity index (χ4n) is 4.60. The van der Waals surface area contributed by atoms with Gasteiger partial charge in [0.25, 0.3) is 0 Å². The van der Waals surface area contributed by atoms with E-state index in [1.807, 2.05) is 23.6 Å². The Morgan fingerprint density at radius 1 is 1.06 bits per heavy atom. The summed E-state index contributed by atoms with van der Waals surface area (Å²) in [4.78, 5) is 14.5. The van der Waals surface area contributed by atoms with Gasteiger partial charge in [0.2, 0.25) is 0 Å². The molecule has 5 rings (SSSR count). The number of hydrogen-bond donors (Lipinski definition) is 1. The lowest BCUT2D eigenvalue weighted by molar-refractivity contribution is 0.0691. The molecule has 0 fully saturated rings. The fourth-order valence-corrected chi connectivity index (χ4v) is 5.86. The van der Waals surface area contributed by atoms with Gasteiger partial charge in [0.15, 0.2) is 11.6 Å². The summed E-state index contributed by atoms with van der Waals surface area (Å²) in [5.74, 6) is -2.65. The summed E-state index contributed by atoms with van der Waals surface area (Å²) < 4.78 is 32.0. The van der Waals surface area contributed by atoms with Gasteiger partial charge in [-0.3, -0.25) is 0 Å². The largest absolute Gasteiger partial charge is 0.478 e. The third-order valence-corrected chi connectivity index (χ3v) is 7.85. The van der Waals surface area contributed by atoms with Crippen LogP contribution in [0.3, 0.4) is 0 Å². The van der Waals surface area contributed by atoms with Crippen LogP contribution in [-0.4, -0.2) is 28.7 Å². The van der Waals surface area contributed by atoms with E-state index in [1.54, 1.807) is 6.07 Å². The summed E-state index contributed by atoms with van der Waals surface area (Å²) >= 11 is 7.23. The number of halogens is 3. The minimum atomic E-state index is -1.33. The number of hydrogen-bond acceptors (Lipinski definition) is 3. The Labute approximate surface area is 204 Å². The van der Waals surface area contributed by atoms with Gasteiger partial charge in [0.1, 0.15) is 0 Å². The average Bonchev–Trinajstić information content (AvgIpc) is 3.35. The van der Waals surface area contributed by atoms with Gasteiger partial charge in [0, 0.05) is 46.2 Å². The van der Waals surface area contributed by atoms with E-state index in [0.717, 1.165) is 30.4 Å². The Morgan fingerprint density at radius 2 is 1.85 bits per heavy atom. The smallest absolute Gasteiger partial charge is 0.338 e. The number of nitrogens with zero attached hydrogens (tertiary/aromatic N) is 2. The molecule has 0 aliphatic carbocycles. The number of carboxylic acids is 1. The zero-order valence-corrected chi connectivity index (χ0v) is 19.9. The Hall–Kier alpha value is -3.03. The van der Waals surface area contributed by atoms with Crippen molar-refractivity contribution in [3.8, 4) is 0 Å². The Bertz CT molecular complexity index is 1440. The van der Waals surface area contributed by atoms with Crippen LogP contribution in [0.4, 0.5) is 14.5 Å². The molecule has 34 heavy (non-hydrogen) atoms. The average molecular weight is 499 g/mol. The van der Waals surface area contributed by atoms with Gasteiger partial charge in [-0.25, -0.2) is 13.6 Å². The van der Waals surface area contributed by atoms with Crippen molar-refractivity contribution in [3.05, 3.63) is 88.1 Å². The number of aromatic nitrogens is 1. The highest BCUT2D eigenvalue weighted by molar-refractivity contribution is 7.99. The molecule has 8 heteroatoms. The molecule has 1 aliphatic rings. The third-order valence-electron chi connectivity index (χ3n) is 6.30. The summed E-state index contributed by atoms with van der Waals surface area (Å²) in [5.41, 5.74) is 3.24. The van der Waals surface area contributed by atoms with Crippen molar-refractivity contribution < 1.29 is 18.7 Å². The van der Waals surface area contributed by atoms with Crippen LogP contribution in [0, 0.1) is 18.6 Å². The van der Waals surface area contributed by atoms with Gasteiger partial charge in [-0.05, 0) is 49.2 Å². The molecule has 4 aromatic rings. The molecule has 0 saturated carbocycles. The lowest BCUT2D eigenvalue weighted by atomic mass is 10.2. The Kier molecular flexibility index (Phi) is 6.00. The van der Waals surface area contributed by atoms with Crippen molar-refractivity contribution in [1.82, 2.24) is 4.57 Å². The van der Waals surface area contributed by atoms with Crippen LogP contribution < -0.4 is 4.90 Å². The molecule has 174 valence electrons. The van der Waals surface area contributed by atoms with Gasteiger partial charge >= 0.3 is 5.97 Å². The minimum absolute atomic E-state index is 0.0216. The van der Waals surface area contributed by atoms with Crippen molar-refractivity contribution in [2.24, 2.45) is 0 Å². The van der Waals surface area contributed by atoms with E-state index in [1.165, 1.54) is 35.5 Å². The SMILES string of the molecule is Cc1c(Sc2cccc(C(=O)O)c2F)c2ccc(Cl)c(F)c2n1CCN1CCc2ccccc21. The highest BCUT2D eigenvalue weighted by Crippen LogP contribution is 2.41. The predicted molar refractivity (Wildman–Crippen MR) is 131 cm³/mol. The zero-order chi connectivity index (χ0) is 24.0. The molecule has 0 saturated heterocycles. The standard InChI is InChI=1S/C26H21ClF2N2O2S/c1-15-25(34-21-8-4-6-17(22(21)28)26(32)33)18-9-10-19(27)23(29)24(18)31(15)14-13-30-12-11-16-5-2-3-7-20(16)30/h2-10H,11-14H2,1H3,(H,32,33). The summed E-state index contributed by atoms with van der Waals surface area (Å²) in [5, 5.41) is 9.91. The van der Waals surface area contributed by atoms with Crippen molar-refractivity contribution in [3.63, 3.8) is 0 Å². The molecule has 3 aromatic carbocycles. The number of rotatable bonds is 6. The molecular weight excluding hydrogens is 478 g/mol. The molecule has 2 heterocycles. The van der Waals surface area contributed by atoms with Gasteiger partial charge in [-0.2, -0.15) is 0 Å². The Balaban J connectivity index is 1.55. The fraction of sp³-hybridized carbons (Fsp3) is 0.192. The van der Waals surface area contributed by atoms with Gasteiger partial charge in [-0.15, -0.1) is 0 Å². The number of carbonyl (C=O) groups is 1. The van der Waals surface area contributed by atoms with Crippen LogP contribution in [-0.2, 0) is 13.0 Å². The summed E-state index contributed by atoms with van der Waals surface area (Å²) in [6.07, 6.45) is 0.974. The highest BCUT2D eigenvalue weighted by atomic mass is 35.5. The molecule has 1 aromatic heterocycles. The van der Waals surface area contributed by atoms with E-state index in [9.17, 15) is 14.3 Å². The van der Waals surface area contributed by atoms with Crippen molar-refractivity contribution >= 4 is 45.9 Å². The predicted octanol–water partition coefficient (Wildman–Crippen LogP) is 6.79. The maximum Gasteiger partial charge on any atom is 0.338 e. The topological polar surface area (TPSA) is 45.5 Å². The van der Waals surface area contributed by atoms with E-state index in [2.05, 4.69) is 17.0 Å². The van der Waals surface area contributed by atoms with Crippen molar-refractivity contribution in [2.75, 3.05) is 18.0 Å². The lowest BCUT2D eigenvalue weighted by Gasteiger charge is -2.21. The molecule has 0 radical (unpaired) electrons. The molecule has 0 unspecified atom stereocenters. The number of carboxylic acid groups (broad SMARTS) is 1. The van der Waals surface area contributed by atoms with Crippen molar-refractivity contribution in [2.45, 2.75) is 29.7 Å². The molecule has 0 bridgehead atoms. The van der Waals surface area contributed by atoms with Crippen LogP contribution in [0.1, 0.15) is 21.6 Å². The number of anilines is 1. The Morgan fingerprint density at radius 3 is 2.65 bits per heavy atom. The maximum atomic E-state index is 15.3. The number of aromatic carboxylic acids is 1. The number of para-hydroxylation sites is 1. The second-order valence-electron chi connectivity index (χ2n) is 8.21. The maximum absolute atomic E-state index is 15.3. The van der Waals surface area contributed by atoms with Gasteiger partial charge in [-0.1, -0.05) is 47.6 Å². The molecule has 1 N–H and O–H groups in total. The second kappa shape index (κ2) is 8.96. The summed E-state index contributed by atoms with van der Waals surface area (Å²) in [7, 11) is 0. The molecule has 0 atom stereocenters. The number of fused-ring (bicyclic) bond motifs is 2. The van der Waals surface area contributed by atoms with Crippen LogP contribution in [0.2, 0.25) is 5.02 Å². The van der Waals surface area contributed by atoms with Crippen LogP contribution >= 0.6 is 23.4 Å². The molecular formula is C26H21ClF2N2O2S. The quantitative estimate of drug-likeness (QED) is 0.318. The van der Waals surface area contributed by atoms with E-state index < -0.39 is 23.2 Å².